The van der Waals surface area contributed by atoms with Crippen molar-refractivity contribution in [3.05, 3.63) is 35.4 Å². The van der Waals surface area contributed by atoms with Crippen molar-refractivity contribution < 1.29 is 9.53 Å². The first-order chi connectivity index (χ1) is 11.4. The maximum atomic E-state index is 12.3. The number of carbonyl (C=O) groups excluding carboxylic acids is 1. The minimum atomic E-state index is -0.460. The number of ether oxygens (including phenoxy) is 1. The van der Waals surface area contributed by atoms with Crippen LogP contribution in [0.1, 0.15) is 44.7 Å². The van der Waals surface area contributed by atoms with Gasteiger partial charge < -0.3 is 9.64 Å². The van der Waals surface area contributed by atoms with Gasteiger partial charge in [0, 0.05) is 19.3 Å². The smallest absolute Gasteiger partial charge is 0.410 e. The SMILES string of the molecule is CC(C)(C)OC(=O)N1CCCC1/C=N/N1CCc2ccccc2C1. The molecule has 1 saturated heterocycles. The molecule has 0 radical (unpaired) electrons. The van der Waals surface area contributed by atoms with Gasteiger partial charge in [-0.3, -0.25) is 5.01 Å². The van der Waals surface area contributed by atoms with Gasteiger partial charge in [0.15, 0.2) is 0 Å². The fourth-order valence-corrected chi connectivity index (χ4v) is 3.25. The number of hydrogen-bond acceptors (Lipinski definition) is 4. The van der Waals surface area contributed by atoms with Crippen LogP contribution in [0.5, 0.6) is 0 Å². The zero-order valence-corrected chi connectivity index (χ0v) is 14.9. The molecule has 2 aliphatic heterocycles. The molecule has 1 aromatic carbocycles. The molecule has 2 heterocycles. The van der Waals surface area contributed by atoms with Crippen LogP contribution < -0.4 is 0 Å². The summed E-state index contributed by atoms with van der Waals surface area (Å²) in [7, 11) is 0. The Morgan fingerprint density at radius 3 is 2.75 bits per heavy atom. The summed E-state index contributed by atoms with van der Waals surface area (Å²) in [6.45, 7) is 8.20. The van der Waals surface area contributed by atoms with Crippen LogP contribution in [0.15, 0.2) is 29.4 Å². The van der Waals surface area contributed by atoms with Gasteiger partial charge in [0.05, 0.1) is 12.6 Å². The lowest BCUT2D eigenvalue weighted by atomic mass is 10.0. The van der Waals surface area contributed by atoms with Crippen molar-refractivity contribution in [1.29, 1.82) is 0 Å². The third-order valence-corrected chi connectivity index (χ3v) is 4.44. The topological polar surface area (TPSA) is 45.1 Å². The molecule has 0 bridgehead atoms. The minimum absolute atomic E-state index is 0.0389. The zero-order valence-electron chi connectivity index (χ0n) is 14.9. The summed E-state index contributed by atoms with van der Waals surface area (Å²) in [4.78, 5) is 14.1. The van der Waals surface area contributed by atoms with E-state index >= 15 is 0 Å². The van der Waals surface area contributed by atoms with E-state index in [2.05, 4.69) is 34.4 Å². The number of fused-ring (bicyclic) bond motifs is 1. The number of hydrazone groups is 1. The lowest BCUT2D eigenvalue weighted by Crippen LogP contribution is -2.40. The van der Waals surface area contributed by atoms with Gasteiger partial charge in [-0.15, -0.1) is 0 Å². The number of rotatable bonds is 2. The molecule has 1 fully saturated rings. The van der Waals surface area contributed by atoms with Crippen molar-refractivity contribution in [2.75, 3.05) is 13.1 Å². The van der Waals surface area contributed by atoms with Gasteiger partial charge in [-0.1, -0.05) is 24.3 Å². The van der Waals surface area contributed by atoms with Crippen molar-refractivity contribution in [3.63, 3.8) is 0 Å². The van der Waals surface area contributed by atoms with E-state index in [1.54, 1.807) is 4.90 Å². The Balaban J connectivity index is 1.61. The minimum Gasteiger partial charge on any atom is -0.444 e. The Bertz CT molecular complexity index is 621. The highest BCUT2D eigenvalue weighted by Crippen LogP contribution is 2.21. The van der Waals surface area contributed by atoms with E-state index in [-0.39, 0.29) is 12.1 Å². The molecule has 5 nitrogen and oxygen atoms in total. The van der Waals surface area contributed by atoms with E-state index in [9.17, 15) is 4.79 Å². The number of nitrogens with zero attached hydrogens (tertiary/aromatic N) is 3. The van der Waals surface area contributed by atoms with Crippen LogP contribution in [0.25, 0.3) is 0 Å². The number of amides is 1. The molecule has 24 heavy (non-hydrogen) atoms. The molecule has 0 aliphatic carbocycles. The van der Waals surface area contributed by atoms with Crippen molar-refractivity contribution in [1.82, 2.24) is 9.91 Å². The molecule has 3 rings (SSSR count). The van der Waals surface area contributed by atoms with Crippen molar-refractivity contribution in [2.24, 2.45) is 5.10 Å². The second-order valence-electron chi connectivity index (χ2n) is 7.55. The van der Waals surface area contributed by atoms with Crippen LogP contribution in [0.3, 0.4) is 0 Å². The molecule has 0 aromatic heterocycles. The van der Waals surface area contributed by atoms with Crippen LogP contribution in [-0.4, -0.2) is 46.9 Å². The molecule has 1 atom stereocenters. The van der Waals surface area contributed by atoms with Gasteiger partial charge in [-0.2, -0.15) is 5.10 Å². The number of benzene rings is 1. The molecule has 130 valence electrons. The van der Waals surface area contributed by atoms with Gasteiger partial charge in [0.25, 0.3) is 0 Å². The zero-order chi connectivity index (χ0) is 17.2. The lowest BCUT2D eigenvalue weighted by Gasteiger charge is -2.29. The molecular formula is C19H27N3O2. The molecule has 0 spiro atoms. The number of likely N-dealkylation sites (tertiary alicyclic amines) is 1. The van der Waals surface area contributed by atoms with Crippen molar-refractivity contribution in [3.8, 4) is 0 Å². The van der Waals surface area contributed by atoms with Crippen molar-refractivity contribution in [2.45, 2.75) is 58.2 Å². The van der Waals surface area contributed by atoms with Crippen LogP contribution in [0.4, 0.5) is 4.79 Å². The largest absolute Gasteiger partial charge is 0.444 e. The van der Waals surface area contributed by atoms with E-state index < -0.39 is 5.60 Å². The van der Waals surface area contributed by atoms with Crippen LogP contribution >= 0.6 is 0 Å². The molecule has 1 amide bonds. The highest BCUT2D eigenvalue weighted by Gasteiger charge is 2.31. The lowest BCUT2D eigenvalue weighted by molar-refractivity contribution is 0.0267. The summed E-state index contributed by atoms with van der Waals surface area (Å²) in [5.74, 6) is 0. The molecule has 5 heteroatoms. The summed E-state index contributed by atoms with van der Waals surface area (Å²) in [6, 6.07) is 8.57. The molecule has 0 N–H and O–H groups in total. The molecule has 0 saturated carbocycles. The number of hydrogen-bond donors (Lipinski definition) is 0. The molecule has 1 unspecified atom stereocenters. The second kappa shape index (κ2) is 6.83. The fraction of sp³-hybridized carbons (Fsp3) is 0.579. The quantitative estimate of drug-likeness (QED) is 0.781. The Morgan fingerprint density at radius 1 is 1.25 bits per heavy atom. The van der Waals surface area contributed by atoms with Crippen LogP contribution in [0, 0.1) is 0 Å². The molecule has 1 aromatic rings. The summed E-state index contributed by atoms with van der Waals surface area (Å²) in [6.07, 6.45) is 4.66. The van der Waals surface area contributed by atoms with Crippen LogP contribution in [0.2, 0.25) is 0 Å². The Hall–Kier alpha value is -2.04. The maximum Gasteiger partial charge on any atom is 0.410 e. The van der Waals surface area contributed by atoms with E-state index in [4.69, 9.17) is 4.74 Å². The Labute approximate surface area is 144 Å². The van der Waals surface area contributed by atoms with Gasteiger partial charge in [-0.25, -0.2) is 4.79 Å². The predicted molar refractivity (Wildman–Crippen MR) is 95.0 cm³/mol. The van der Waals surface area contributed by atoms with E-state index in [1.807, 2.05) is 27.0 Å². The predicted octanol–water partition coefficient (Wildman–Crippen LogP) is 3.43. The normalized spacial score (nSPS) is 21.2. The van der Waals surface area contributed by atoms with Crippen molar-refractivity contribution >= 4 is 12.3 Å². The first kappa shape index (κ1) is 16.8. The highest BCUT2D eigenvalue weighted by atomic mass is 16.6. The van der Waals surface area contributed by atoms with E-state index in [1.165, 1.54) is 11.1 Å². The first-order valence-electron chi connectivity index (χ1n) is 8.78. The monoisotopic (exact) mass is 329 g/mol. The van der Waals surface area contributed by atoms with Gasteiger partial charge in [0.1, 0.15) is 5.60 Å². The third-order valence-electron chi connectivity index (χ3n) is 4.44. The first-order valence-corrected chi connectivity index (χ1v) is 8.78. The van der Waals surface area contributed by atoms with E-state index in [0.29, 0.717) is 0 Å². The van der Waals surface area contributed by atoms with Gasteiger partial charge >= 0.3 is 6.09 Å². The fourth-order valence-electron chi connectivity index (χ4n) is 3.25. The molecular weight excluding hydrogens is 302 g/mol. The standard InChI is InChI=1S/C19H27N3O2/c1-19(2,3)24-18(23)22-11-6-9-17(22)13-20-21-12-10-15-7-4-5-8-16(15)14-21/h4-5,7-8,13,17H,6,9-12,14H2,1-3H3/b20-13+. The van der Waals surface area contributed by atoms with Gasteiger partial charge in [0.2, 0.25) is 0 Å². The van der Waals surface area contributed by atoms with Crippen LogP contribution in [-0.2, 0) is 17.7 Å². The van der Waals surface area contributed by atoms with Gasteiger partial charge in [-0.05, 0) is 51.2 Å². The second-order valence-corrected chi connectivity index (χ2v) is 7.55. The Morgan fingerprint density at radius 2 is 2.00 bits per heavy atom. The number of carbonyl (C=O) groups is 1. The summed E-state index contributed by atoms with van der Waals surface area (Å²) in [5.41, 5.74) is 2.30. The average Bonchev–Trinajstić information content (AvgIpc) is 3.00. The maximum absolute atomic E-state index is 12.3. The Kier molecular flexibility index (Phi) is 4.78. The third kappa shape index (κ3) is 4.08. The summed E-state index contributed by atoms with van der Waals surface area (Å²) in [5, 5.41) is 6.74. The highest BCUT2D eigenvalue weighted by molar-refractivity contribution is 5.76. The average molecular weight is 329 g/mol. The summed E-state index contributed by atoms with van der Waals surface area (Å²) < 4.78 is 5.50. The molecule has 2 aliphatic rings. The summed E-state index contributed by atoms with van der Waals surface area (Å²) >= 11 is 0. The van der Waals surface area contributed by atoms with E-state index in [0.717, 1.165) is 38.9 Å².